The second-order valence-electron chi connectivity index (χ2n) is 14.2. The van der Waals surface area contributed by atoms with Crippen LogP contribution in [0.25, 0.3) is 11.2 Å². The van der Waals surface area contributed by atoms with Crippen LogP contribution in [0, 0.1) is 0 Å². The van der Waals surface area contributed by atoms with E-state index in [0.29, 0.717) is 61.8 Å². The number of imidazole rings is 1. The van der Waals surface area contributed by atoms with Crippen molar-refractivity contribution in [2.75, 3.05) is 29.9 Å². The van der Waals surface area contributed by atoms with Crippen LogP contribution in [0.15, 0.2) is 97.5 Å². The molecule has 2 fully saturated rings. The highest BCUT2D eigenvalue weighted by Gasteiger charge is 2.45. The first-order valence-corrected chi connectivity index (χ1v) is 18.8. The van der Waals surface area contributed by atoms with Crippen LogP contribution in [0.2, 0.25) is 0 Å². The van der Waals surface area contributed by atoms with E-state index >= 15 is 0 Å². The second kappa shape index (κ2) is 15.7. The minimum absolute atomic E-state index is 0.0128. The molecule has 15 heteroatoms. The van der Waals surface area contributed by atoms with Gasteiger partial charge in [0.2, 0.25) is 5.95 Å². The predicted octanol–water partition coefficient (Wildman–Crippen LogP) is 3.92. The van der Waals surface area contributed by atoms with E-state index in [1.807, 2.05) is 58.9 Å². The molecule has 1 saturated heterocycles. The summed E-state index contributed by atoms with van der Waals surface area (Å²) >= 11 is 0. The van der Waals surface area contributed by atoms with Gasteiger partial charge >= 0.3 is 6.03 Å². The molecule has 0 spiro atoms. The number of aryl methyl sites for hydroxylation is 1. The summed E-state index contributed by atoms with van der Waals surface area (Å²) in [5, 5.41) is 50.8. The summed E-state index contributed by atoms with van der Waals surface area (Å²) in [6.45, 7) is 3.87. The van der Waals surface area contributed by atoms with Gasteiger partial charge in [-0.1, -0.05) is 79.7 Å². The number of carbonyl (C=O) groups is 1. The summed E-state index contributed by atoms with van der Waals surface area (Å²) in [7, 11) is 0. The minimum atomic E-state index is -1.12. The molecule has 0 unspecified atom stereocenters. The Kier molecular flexibility index (Phi) is 10.3. The molecule has 3 aromatic carbocycles. The number of aliphatic hydroxyl groups excluding tert-OH is 2. The third-order valence-corrected chi connectivity index (χ3v) is 10.7. The third kappa shape index (κ3) is 7.66. The van der Waals surface area contributed by atoms with Crippen LogP contribution in [0.4, 0.5) is 16.6 Å². The summed E-state index contributed by atoms with van der Waals surface area (Å²) in [5.74, 6) is 1.16. The zero-order valence-corrected chi connectivity index (χ0v) is 30.5. The Hall–Kier alpha value is -6.06. The molecule has 2 aliphatic rings. The Morgan fingerprint density at radius 1 is 0.945 bits per heavy atom. The van der Waals surface area contributed by atoms with E-state index in [0.717, 1.165) is 22.4 Å². The molecule has 284 valence electrons. The van der Waals surface area contributed by atoms with E-state index in [1.165, 1.54) is 4.80 Å². The first-order chi connectivity index (χ1) is 26.8. The van der Waals surface area contributed by atoms with Crippen molar-refractivity contribution in [2.24, 2.45) is 0 Å². The largest absolute Gasteiger partial charge is 0.508 e. The molecule has 4 heterocycles. The molecule has 2 amide bonds. The molecule has 55 heavy (non-hydrogen) atoms. The number of nitrogens with zero attached hydrogens (tertiary/aromatic N) is 8. The van der Waals surface area contributed by atoms with Crippen molar-refractivity contribution in [1.29, 1.82) is 0 Å². The number of anilines is 2. The fourth-order valence-electron chi connectivity index (χ4n) is 7.68. The number of phenolic OH excluding ortho intramolecular Hbond substituents is 1. The van der Waals surface area contributed by atoms with Crippen LogP contribution >= 0.6 is 0 Å². The average Bonchev–Trinajstić information content (AvgIpc) is 4.02. The van der Waals surface area contributed by atoms with Gasteiger partial charge in [-0.3, -0.25) is 0 Å². The molecule has 3 aromatic heterocycles. The lowest BCUT2D eigenvalue weighted by Crippen LogP contribution is -2.43. The average molecular weight is 744 g/mol. The lowest BCUT2D eigenvalue weighted by Gasteiger charge is -2.22. The number of aromatic hydroxyl groups is 1. The maximum absolute atomic E-state index is 12.9. The SMILES string of the molecule is CCc1cnn([C@H]2C[C@@H](n3cnc4c(NCC(c5ccccc5)c5ccccc5)nc(N5CC[C@@H](NC(=O)NCc6cccc(O)c6)C5)nc43)[C@H](O)[C@@H]2O)n1. The lowest BCUT2D eigenvalue weighted by atomic mass is 9.91. The Labute approximate surface area is 318 Å². The van der Waals surface area contributed by atoms with Crippen LogP contribution in [0.1, 0.15) is 60.2 Å². The quantitative estimate of drug-likeness (QED) is 0.107. The Bertz CT molecular complexity index is 2190. The zero-order chi connectivity index (χ0) is 37.9. The van der Waals surface area contributed by atoms with Crippen molar-refractivity contribution in [3.8, 4) is 5.75 Å². The van der Waals surface area contributed by atoms with Crippen molar-refractivity contribution >= 4 is 29.0 Å². The molecule has 1 saturated carbocycles. The molecule has 1 aliphatic heterocycles. The Balaban J connectivity index is 1.07. The van der Waals surface area contributed by atoms with Gasteiger partial charge in [0.15, 0.2) is 17.0 Å². The number of benzene rings is 3. The van der Waals surface area contributed by atoms with E-state index in [9.17, 15) is 20.1 Å². The van der Waals surface area contributed by atoms with Crippen LogP contribution in [0.3, 0.4) is 0 Å². The molecule has 5 atom stereocenters. The molecule has 8 rings (SSSR count). The minimum Gasteiger partial charge on any atom is -0.508 e. The molecule has 0 bridgehead atoms. The third-order valence-electron chi connectivity index (χ3n) is 10.7. The second-order valence-corrected chi connectivity index (χ2v) is 14.2. The van der Waals surface area contributed by atoms with Crippen LogP contribution < -0.4 is 20.9 Å². The van der Waals surface area contributed by atoms with Crippen LogP contribution in [-0.4, -0.2) is 93.7 Å². The van der Waals surface area contributed by atoms with Crippen molar-refractivity contribution in [2.45, 2.75) is 69.0 Å². The summed E-state index contributed by atoms with van der Waals surface area (Å²) in [6, 6.07) is 25.9. The van der Waals surface area contributed by atoms with E-state index in [1.54, 1.807) is 30.7 Å². The lowest BCUT2D eigenvalue weighted by molar-refractivity contribution is 0.00497. The number of urea groups is 1. The van der Waals surface area contributed by atoms with Crippen LogP contribution in [0.5, 0.6) is 5.75 Å². The number of aromatic nitrogens is 7. The fourth-order valence-corrected chi connectivity index (χ4v) is 7.68. The number of amides is 2. The first kappa shape index (κ1) is 35.9. The molecule has 0 radical (unpaired) electrons. The van der Waals surface area contributed by atoms with Crippen LogP contribution in [-0.2, 0) is 13.0 Å². The van der Waals surface area contributed by atoms with Crippen molar-refractivity contribution in [3.63, 3.8) is 0 Å². The number of nitrogens with one attached hydrogen (secondary N) is 3. The Morgan fingerprint density at radius 2 is 1.69 bits per heavy atom. The molecule has 15 nitrogen and oxygen atoms in total. The van der Waals surface area contributed by atoms with Gasteiger partial charge in [-0.2, -0.15) is 25.0 Å². The molecule has 1 aliphatic carbocycles. The van der Waals surface area contributed by atoms with Crippen molar-refractivity contribution < 1.29 is 20.1 Å². The highest BCUT2D eigenvalue weighted by Crippen LogP contribution is 2.40. The van der Waals surface area contributed by atoms with Crippen molar-refractivity contribution in [1.82, 2.24) is 45.1 Å². The summed E-state index contributed by atoms with van der Waals surface area (Å²) in [4.78, 5) is 31.2. The summed E-state index contributed by atoms with van der Waals surface area (Å²) < 4.78 is 1.83. The molecule has 6 aromatic rings. The van der Waals surface area contributed by atoms with Gasteiger partial charge in [-0.25, -0.2) is 9.78 Å². The maximum Gasteiger partial charge on any atom is 0.315 e. The van der Waals surface area contributed by atoms with E-state index in [4.69, 9.17) is 15.0 Å². The monoisotopic (exact) mass is 743 g/mol. The molecular weight excluding hydrogens is 699 g/mol. The number of fused-ring (bicyclic) bond motifs is 1. The van der Waals surface area contributed by atoms with Gasteiger partial charge in [-0.15, -0.1) is 0 Å². The number of phenols is 1. The van der Waals surface area contributed by atoms with E-state index < -0.39 is 24.3 Å². The number of rotatable bonds is 12. The van der Waals surface area contributed by atoms with E-state index in [2.05, 4.69) is 50.4 Å². The van der Waals surface area contributed by atoms with Gasteiger partial charge in [0.25, 0.3) is 0 Å². The van der Waals surface area contributed by atoms with Gasteiger partial charge in [-0.05, 0) is 48.1 Å². The summed E-state index contributed by atoms with van der Waals surface area (Å²) in [5.41, 5.74) is 4.97. The number of carbonyl (C=O) groups excluding carboxylic acids is 1. The number of hydrogen-bond donors (Lipinski definition) is 6. The van der Waals surface area contributed by atoms with Gasteiger partial charge in [0.1, 0.15) is 24.0 Å². The standard InChI is InChI=1S/C40H45N11O4/c1-2-28-21-44-51(48-28)33-19-32(35(53)36(33)54)50-24-43-34-37(41-22-31(26-11-5-3-6-12-26)27-13-7-4-8-14-27)46-39(47-38(34)50)49-17-16-29(23-49)45-40(55)42-20-25-10-9-15-30(52)18-25/h3-15,18,21,24,29,31-33,35-36,52-54H,2,16-17,19-20,22-23H2,1H3,(H,41,46,47)(H2,42,45,55)/t29-,32-,33+,35+,36-/m1/s1. The fraction of sp³-hybridized carbons (Fsp3) is 0.350. The van der Waals surface area contributed by atoms with Gasteiger partial charge in [0, 0.05) is 38.1 Å². The molecular formula is C40H45N11O4. The normalized spacial score (nSPS) is 21.0. The summed E-state index contributed by atoms with van der Waals surface area (Å²) in [6.07, 6.45) is 2.88. The Morgan fingerprint density at radius 3 is 2.40 bits per heavy atom. The highest BCUT2D eigenvalue weighted by atomic mass is 16.3. The number of hydrogen-bond acceptors (Lipinski definition) is 11. The zero-order valence-electron chi connectivity index (χ0n) is 30.5. The highest BCUT2D eigenvalue weighted by molar-refractivity contribution is 5.84. The van der Waals surface area contributed by atoms with Crippen molar-refractivity contribution in [3.05, 3.63) is 120 Å². The smallest absolute Gasteiger partial charge is 0.315 e. The first-order valence-electron chi connectivity index (χ1n) is 18.8. The van der Waals surface area contributed by atoms with E-state index in [-0.39, 0.29) is 30.3 Å². The van der Waals surface area contributed by atoms with Gasteiger partial charge < -0.3 is 40.7 Å². The van der Waals surface area contributed by atoms with Gasteiger partial charge in [0.05, 0.1) is 24.3 Å². The molecule has 6 N–H and O–H groups in total. The topological polar surface area (TPSA) is 191 Å². The number of aliphatic hydroxyl groups is 2. The predicted molar refractivity (Wildman–Crippen MR) is 207 cm³/mol. The maximum atomic E-state index is 12.9.